The Morgan fingerprint density at radius 3 is 2.44 bits per heavy atom. The topological polar surface area (TPSA) is 74.7 Å². The minimum Gasteiger partial charge on any atom is -0.496 e. The molecule has 0 spiro atoms. The van der Waals surface area contributed by atoms with Gasteiger partial charge in [-0.3, -0.25) is 4.79 Å². The predicted octanol–water partition coefficient (Wildman–Crippen LogP) is 3.37. The first-order chi connectivity index (χ1) is 12.2. The average Bonchev–Trinajstić information content (AvgIpc) is 2.65. The second kappa shape index (κ2) is 7.40. The zero-order valence-corrected chi connectivity index (χ0v) is 14.4. The normalized spacial score (nSPS) is 10.8. The quantitative estimate of drug-likeness (QED) is 0.745. The SMILES string of the molecule is COc1cc(OC)c2c(=O)cc(-c3ccc(CCCN)cc3)oc2c1. The lowest BCUT2D eigenvalue weighted by Crippen LogP contribution is -2.03. The van der Waals surface area contributed by atoms with E-state index in [-0.39, 0.29) is 5.43 Å². The van der Waals surface area contributed by atoms with Crippen LogP contribution in [0.4, 0.5) is 0 Å². The summed E-state index contributed by atoms with van der Waals surface area (Å²) in [6, 6.07) is 12.8. The van der Waals surface area contributed by atoms with Gasteiger partial charge in [-0.05, 0) is 24.9 Å². The molecule has 1 aromatic heterocycles. The smallest absolute Gasteiger partial charge is 0.197 e. The summed E-state index contributed by atoms with van der Waals surface area (Å²) in [5, 5.41) is 0.409. The zero-order valence-electron chi connectivity index (χ0n) is 14.4. The molecular formula is C20H21NO4. The van der Waals surface area contributed by atoms with Gasteiger partial charge < -0.3 is 19.6 Å². The number of aryl methyl sites for hydroxylation is 1. The molecule has 0 saturated heterocycles. The van der Waals surface area contributed by atoms with E-state index < -0.39 is 0 Å². The lowest BCUT2D eigenvalue weighted by molar-refractivity contribution is 0.396. The van der Waals surface area contributed by atoms with Crippen LogP contribution in [0.1, 0.15) is 12.0 Å². The summed E-state index contributed by atoms with van der Waals surface area (Å²) in [5.41, 5.74) is 7.88. The third-order valence-corrected chi connectivity index (χ3v) is 4.13. The number of fused-ring (bicyclic) bond motifs is 1. The average molecular weight is 339 g/mol. The molecule has 0 saturated carbocycles. The zero-order chi connectivity index (χ0) is 17.8. The molecule has 5 heteroatoms. The molecule has 25 heavy (non-hydrogen) atoms. The lowest BCUT2D eigenvalue weighted by Gasteiger charge is -2.09. The van der Waals surface area contributed by atoms with Crippen molar-refractivity contribution in [3.8, 4) is 22.8 Å². The summed E-state index contributed by atoms with van der Waals surface area (Å²) >= 11 is 0. The van der Waals surface area contributed by atoms with Crippen LogP contribution in [-0.2, 0) is 6.42 Å². The van der Waals surface area contributed by atoms with Gasteiger partial charge in [-0.15, -0.1) is 0 Å². The van der Waals surface area contributed by atoms with Crippen LogP contribution in [0.15, 0.2) is 51.7 Å². The van der Waals surface area contributed by atoms with Gasteiger partial charge in [-0.2, -0.15) is 0 Å². The summed E-state index contributed by atoms with van der Waals surface area (Å²) in [4.78, 5) is 12.6. The van der Waals surface area contributed by atoms with Crippen molar-refractivity contribution in [3.63, 3.8) is 0 Å². The molecule has 3 aromatic rings. The first kappa shape index (κ1) is 17.0. The Hall–Kier alpha value is -2.79. The summed E-state index contributed by atoms with van der Waals surface area (Å²) in [5.74, 6) is 1.52. The molecule has 0 bridgehead atoms. The maximum Gasteiger partial charge on any atom is 0.197 e. The van der Waals surface area contributed by atoms with Gasteiger partial charge in [0.05, 0.1) is 14.2 Å². The van der Waals surface area contributed by atoms with E-state index >= 15 is 0 Å². The molecule has 1 heterocycles. The van der Waals surface area contributed by atoms with Crippen molar-refractivity contribution in [3.05, 3.63) is 58.3 Å². The highest BCUT2D eigenvalue weighted by molar-refractivity contribution is 5.86. The Labute approximate surface area is 146 Å². The molecule has 0 radical (unpaired) electrons. The molecule has 0 aliphatic heterocycles. The Morgan fingerprint density at radius 1 is 1.04 bits per heavy atom. The van der Waals surface area contributed by atoms with E-state index in [4.69, 9.17) is 19.6 Å². The largest absolute Gasteiger partial charge is 0.496 e. The van der Waals surface area contributed by atoms with Crippen molar-refractivity contribution in [2.45, 2.75) is 12.8 Å². The summed E-state index contributed by atoms with van der Waals surface area (Å²) in [7, 11) is 3.07. The number of nitrogens with two attached hydrogens (primary N) is 1. The van der Waals surface area contributed by atoms with E-state index in [0.717, 1.165) is 18.4 Å². The standard InChI is InChI=1S/C20H21NO4/c1-23-15-10-18(24-2)20-16(22)12-17(25-19(20)11-15)14-7-5-13(6-8-14)4-3-9-21/h5-8,10-12H,3-4,9,21H2,1-2H3. The summed E-state index contributed by atoms with van der Waals surface area (Å²) in [6.45, 7) is 0.672. The van der Waals surface area contributed by atoms with Crippen molar-refractivity contribution < 1.29 is 13.9 Å². The van der Waals surface area contributed by atoms with E-state index in [2.05, 4.69) is 0 Å². The third kappa shape index (κ3) is 3.51. The van der Waals surface area contributed by atoms with Crippen molar-refractivity contribution in [1.82, 2.24) is 0 Å². The summed E-state index contributed by atoms with van der Waals surface area (Å²) < 4.78 is 16.5. The molecule has 0 aliphatic rings. The van der Waals surface area contributed by atoms with E-state index in [0.29, 0.717) is 34.8 Å². The lowest BCUT2D eigenvalue weighted by atomic mass is 10.1. The van der Waals surface area contributed by atoms with Gasteiger partial charge >= 0.3 is 0 Å². The van der Waals surface area contributed by atoms with Crippen molar-refractivity contribution in [2.75, 3.05) is 20.8 Å². The second-order valence-electron chi connectivity index (χ2n) is 5.77. The van der Waals surface area contributed by atoms with E-state index in [1.165, 1.54) is 18.7 Å². The van der Waals surface area contributed by atoms with Crippen LogP contribution in [0.25, 0.3) is 22.3 Å². The van der Waals surface area contributed by atoms with Crippen LogP contribution in [0, 0.1) is 0 Å². The maximum absolute atomic E-state index is 12.6. The Morgan fingerprint density at radius 2 is 1.80 bits per heavy atom. The van der Waals surface area contributed by atoms with Gasteiger partial charge in [0, 0.05) is 23.8 Å². The third-order valence-electron chi connectivity index (χ3n) is 4.13. The fourth-order valence-electron chi connectivity index (χ4n) is 2.79. The molecule has 0 atom stereocenters. The fourth-order valence-corrected chi connectivity index (χ4v) is 2.79. The monoisotopic (exact) mass is 339 g/mol. The fraction of sp³-hybridized carbons (Fsp3) is 0.250. The second-order valence-corrected chi connectivity index (χ2v) is 5.77. The summed E-state index contributed by atoms with van der Waals surface area (Å²) in [6.07, 6.45) is 1.89. The van der Waals surface area contributed by atoms with Gasteiger partial charge in [0.25, 0.3) is 0 Å². The van der Waals surface area contributed by atoms with Crippen molar-refractivity contribution >= 4 is 11.0 Å². The first-order valence-electron chi connectivity index (χ1n) is 8.15. The number of benzene rings is 2. The van der Waals surface area contributed by atoms with Gasteiger partial charge in [-0.25, -0.2) is 0 Å². The minimum atomic E-state index is -0.150. The van der Waals surface area contributed by atoms with Crippen LogP contribution < -0.4 is 20.6 Å². The number of rotatable bonds is 6. The minimum absolute atomic E-state index is 0.150. The highest BCUT2D eigenvalue weighted by atomic mass is 16.5. The van der Waals surface area contributed by atoms with Gasteiger partial charge in [-0.1, -0.05) is 24.3 Å². The van der Waals surface area contributed by atoms with Gasteiger partial charge in [0.1, 0.15) is 28.2 Å². The van der Waals surface area contributed by atoms with E-state index in [9.17, 15) is 4.79 Å². The number of methoxy groups -OCH3 is 2. The van der Waals surface area contributed by atoms with Gasteiger partial charge in [0.15, 0.2) is 5.43 Å². The van der Waals surface area contributed by atoms with Crippen LogP contribution in [0.5, 0.6) is 11.5 Å². The number of hydrogen-bond donors (Lipinski definition) is 1. The molecule has 0 fully saturated rings. The predicted molar refractivity (Wildman–Crippen MR) is 98.4 cm³/mol. The van der Waals surface area contributed by atoms with Crippen LogP contribution in [-0.4, -0.2) is 20.8 Å². The Kier molecular flexibility index (Phi) is 5.05. The Balaban J connectivity index is 2.07. The van der Waals surface area contributed by atoms with Crippen molar-refractivity contribution in [2.24, 2.45) is 5.73 Å². The van der Waals surface area contributed by atoms with Crippen LogP contribution in [0.2, 0.25) is 0 Å². The first-order valence-corrected chi connectivity index (χ1v) is 8.15. The van der Waals surface area contributed by atoms with Crippen LogP contribution in [0.3, 0.4) is 0 Å². The van der Waals surface area contributed by atoms with Gasteiger partial charge in [0.2, 0.25) is 0 Å². The molecule has 2 aromatic carbocycles. The van der Waals surface area contributed by atoms with E-state index in [1.54, 1.807) is 19.2 Å². The van der Waals surface area contributed by atoms with E-state index in [1.807, 2.05) is 24.3 Å². The number of ether oxygens (including phenoxy) is 2. The molecule has 130 valence electrons. The highest BCUT2D eigenvalue weighted by Crippen LogP contribution is 2.31. The molecule has 5 nitrogen and oxygen atoms in total. The highest BCUT2D eigenvalue weighted by Gasteiger charge is 2.13. The molecule has 3 rings (SSSR count). The molecule has 0 unspecified atom stereocenters. The number of hydrogen-bond acceptors (Lipinski definition) is 5. The Bertz CT molecular complexity index is 929. The molecule has 0 aliphatic carbocycles. The molecule has 2 N–H and O–H groups in total. The van der Waals surface area contributed by atoms with Crippen molar-refractivity contribution in [1.29, 1.82) is 0 Å². The molecule has 0 amide bonds. The maximum atomic E-state index is 12.6. The molecular weight excluding hydrogens is 318 g/mol. The van der Waals surface area contributed by atoms with Crippen LogP contribution >= 0.6 is 0 Å².